The van der Waals surface area contributed by atoms with E-state index in [9.17, 15) is 0 Å². The second-order valence-corrected chi connectivity index (χ2v) is 5.22. The van der Waals surface area contributed by atoms with Crippen molar-refractivity contribution in [1.29, 1.82) is 0 Å². The first-order chi connectivity index (χ1) is 9.10. The van der Waals surface area contributed by atoms with Crippen molar-refractivity contribution in [3.05, 3.63) is 29.8 Å². The molecule has 4 nitrogen and oxygen atoms in total. The van der Waals surface area contributed by atoms with Gasteiger partial charge >= 0.3 is 0 Å². The molecule has 0 saturated carbocycles. The second-order valence-electron chi connectivity index (χ2n) is 5.22. The van der Waals surface area contributed by atoms with Crippen LogP contribution in [-0.2, 0) is 13.1 Å². The summed E-state index contributed by atoms with van der Waals surface area (Å²) in [6.07, 6.45) is 0.914. The van der Waals surface area contributed by atoms with Crippen LogP contribution < -0.4 is 0 Å². The highest BCUT2D eigenvalue weighted by Gasteiger charge is 2.14. The van der Waals surface area contributed by atoms with Crippen molar-refractivity contribution in [2.24, 2.45) is 0 Å². The van der Waals surface area contributed by atoms with Gasteiger partial charge in [-0.3, -0.25) is 4.90 Å². The van der Waals surface area contributed by atoms with E-state index < -0.39 is 0 Å². The summed E-state index contributed by atoms with van der Waals surface area (Å²) < 4.78 is 8.08. The van der Waals surface area contributed by atoms with E-state index in [0.717, 1.165) is 41.2 Å². The Balaban J connectivity index is 2.34. The average Bonchev–Trinajstić information content (AvgIpc) is 2.90. The Hall–Kier alpha value is -1.81. The summed E-state index contributed by atoms with van der Waals surface area (Å²) in [5, 5.41) is 1.16. The summed E-state index contributed by atoms with van der Waals surface area (Å²) in [5.74, 6) is 2.06. The van der Waals surface area contributed by atoms with E-state index in [4.69, 9.17) is 4.42 Å². The quantitative estimate of drug-likeness (QED) is 0.722. The summed E-state index contributed by atoms with van der Waals surface area (Å²) in [6.45, 7) is 4.99. The molecule has 0 aliphatic rings. The van der Waals surface area contributed by atoms with Crippen LogP contribution in [0, 0.1) is 6.92 Å². The van der Waals surface area contributed by atoms with Gasteiger partial charge in [0, 0.05) is 11.8 Å². The van der Waals surface area contributed by atoms with Crippen LogP contribution in [0.4, 0.5) is 0 Å². The van der Waals surface area contributed by atoms with Gasteiger partial charge < -0.3 is 8.98 Å². The van der Waals surface area contributed by atoms with Gasteiger partial charge in [0.2, 0.25) is 0 Å². The molecule has 3 aromatic rings. The maximum absolute atomic E-state index is 5.84. The maximum atomic E-state index is 5.84. The zero-order valence-corrected chi connectivity index (χ0v) is 11.9. The summed E-state index contributed by atoms with van der Waals surface area (Å²) >= 11 is 0. The van der Waals surface area contributed by atoms with Gasteiger partial charge in [-0.1, -0.05) is 6.92 Å². The Morgan fingerprint density at radius 2 is 2.11 bits per heavy atom. The van der Waals surface area contributed by atoms with Crippen molar-refractivity contribution in [3.63, 3.8) is 0 Å². The number of hydrogen-bond donors (Lipinski definition) is 0. The molecule has 0 saturated heterocycles. The highest BCUT2D eigenvalue weighted by Crippen LogP contribution is 2.29. The van der Waals surface area contributed by atoms with Crippen molar-refractivity contribution >= 4 is 22.0 Å². The summed E-state index contributed by atoms with van der Waals surface area (Å²) in [5.41, 5.74) is 3.16. The molecule has 0 amide bonds. The molecule has 0 radical (unpaired) electrons. The third kappa shape index (κ3) is 1.92. The first-order valence-electron chi connectivity index (χ1n) is 6.63. The van der Waals surface area contributed by atoms with Gasteiger partial charge in [-0.25, -0.2) is 4.98 Å². The number of furan rings is 1. The van der Waals surface area contributed by atoms with Gasteiger partial charge in [0.25, 0.3) is 0 Å². The van der Waals surface area contributed by atoms with Crippen molar-refractivity contribution in [1.82, 2.24) is 14.5 Å². The van der Waals surface area contributed by atoms with E-state index in [-0.39, 0.29) is 0 Å². The van der Waals surface area contributed by atoms with Crippen LogP contribution in [0.1, 0.15) is 18.5 Å². The third-order valence-electron chi connectivity index (χ3n) is 3.42. The van der Waals surface area contributed by atoms with Gasteiger partial charge in [0.1, 0.15) is 17.2 Å². The third-order valence-corrected chi connectivity index (χ3v) is 3.42. The van der Waals surface area contributed by atoms with Crippen LogP contribution in [0.2, 0.25) is 0 Å². The van der Waals surface area contributed by atoms with Crippen LogP contribution in [0.3, 0.4) is 0 Å². The molecule has 0 aliphatic heterocycles. The SMILES string of the molecule is CCc1cc2c(ccc3nc(C)n(CN(C)C)c32)o1. The predicted molar refractivity (Wildman–Crippen MR) is 77.3 cm³/mol. The van der Waals surface area contributed by atoms with Crippen LogP contribution in [0.25, 0.3) is 22.0 Å². The summed E-state index contributed by atoms with van der Waals surface area (Å²) in [4.78, 5) is 6.79. The standard InChI is InChI=1S/C15H19N3O/c1-5-11-8-12-14(19-11)7-6-13-15(12)18(9-17(3)4)10(2)16-13/h6-8H,5,9H2,1-4H3. The van der Waals surface area contributed by atoms with Gasteiger partial charge in [-0.05, 0) is 39.2 Å². The average molecular weight is 257 g/mol. The zero-order valence-electron chi connectivity index (χ0n) is 11.9. The fraction of sp³-hybridized carbons (Fsp3) is 0.400. The Bertz CT molecular complexity index is 737. The van der Waals surface area contributed by atoms with Gasteiger partial charge in [0.05, 0.1) is 17.7 Å². The van der Waals surface area contributed by atoms with Gasteiger partial charge in [-0.2, -0.15) is 0 Å². The number of nitrogens with zero attached hydrogens (tertiary/aromatic N) is 3. The fourth-order valence-corrected chi connectivity index (χ4v) is 2.54. The van der Waals surface area contributed by atoms with Crippen molar-refractivity contribution in [2.75, 3.05) is 14.1 Å². The Labute approximate surface area is 112 Å². The molecular formula is C15H19N3O. The summed E-state index contributed by atoms with van der Waals surface area (Å²) in [7, 11) is 4.14. The first-order valence-corrected chi connectivity index (χ1v) is 6.63. The molecule has 0 N–H and O–H groups in total. The first kappa shape index (κ1) is 12.2. The largest absolute Gasteiger partial charge is 0.461 e. The van der Waals surface area contributed by atoms with E-state index in [1.807, 2.05) is 12.1 Å². The van der Waals surface area contributed by atoms with E-state index in [0.29, 0.717) is 0 Å². The molecule has 0 atom stereocenters. The lowest BCUT2D eigenvalue weighted by Gasteiger charge is -2.13. The topological polar surface area (TPSA) is 34.2 Å². The molecule has 4 heteroatoms. The molecule has 0 fully saturated rings. The number of aryl methyl sites for hydroxylation is 2. The Morgan fingerprint density at radius 1 is 1.32 bits per heavy atom. The minimum absolute atomic E-state index is 0.827. The van der Waals surface area contributed by atoms with E-state index >= 15 is 0 Å². The molecule has 2 aromatic heterocycles. The van der Waals surface area contributed by atoms with Crippen molar-refractivity contribution in [2.45, 2.75) is 26.9 Å². The minimum atomic E-state index is 0.827. The highest BCUT2D eigenvalue weighted by atomic mass is 16.3. The maximum Gasteiger partial charge on any atom is 0.136 e. The molecular weight excluding hydrogens is 238 g/mol. The Kier molecular flexibility index (Phi) is 2.82. The highest BCUT2D eigenvalue weighted by molar-refractivity contribution is 6.02. The van der Waals surface area contributed by atoms with Crippen LogP contribution >= 0.6 is 0 Å². The summed E-state index contributed by atoms with van der Waals surface area (Å²) in [6, 6.07) is 6.20. The number of imidazole rings is 1. The van der Waals surface area contributed by atoms with Crippen LogP contribution in [-0.4, -0.2) is 28.5 Å². The fourth-order valence-electron chi connectivity index (χ4n) is 2.54. The van der Waals surface area contributed by atoms with E-state index in [1.165, 1.54) is 5.52 Å². The molecule has 100 valence electrons. The van der Waals surface area contributed by atoms with Gasteiger partial charge in [-0.15, -0.1) is 0 Å². The van der Waals surface area contributed by atoms with Crippen molar-refractivity contribution < 1.29 is 4.42 Å². The molecule has 0 bridgehead atoms. The minimum Gasteiger partial charge on any atom is -0.461 e. The Morgan fingerprint density at radius 3 is 2.79 bits per heavy atom. The molecule has 0 spiro atoms. The normalized spacial score (nSPS) is 12.1. The molecule has 0 aliphatic carbocycles. The molecule has 2 heterocycles. The number of fused-ring (bicyclic) bond motifs is 3. The van der Waals surface area contributed by atoms with Crippen LogP contribution in [0.5, 0.6) is 0 Å². The van der Waals surface area contributed by atoms with Gasteiger partial charge in [0.15, 0.2) is 0 Å². The van der Waals surface area contributed by atoms with E-state index in [1.54, 1.807) is 0 Å². The number of aromatic nitrogens is 2. The lowest BCUT2D eigenvalue weighted by molar-refractivity contribution is 0.328. The van der Waals surface area contributed by atoms with Crippen molar-refractivity contribution in [3.8, 4) is 0 Å². The van der Waals surface area contributed by atoms with E-state index in [2.05, 4.69) is 48.5 Å². The number of rotatable bonds is 3. The molecule has 3 rings (SSSR count). The zero-order chi connectivity index (χ0) is 13.6. The van der Waals surface area contributed by atoms with Crippen LogP contribution in [0.15, 0.2) is 22.6 Å². The molecule has 0 unspecified atom stereocenters. The number of benzene rings is 1. The molecule has 19 heavy (non-hydrogen) atoms. The lowest BCUT2D eigenvalue weighted by atomic mass is 10.2. The second kappa shape index (κ2) is 4.38. The smallest absolute Gasteiger partial charge is 0.136 e. The molecule has 1 aromatic carbocycles. The predicted octanol–water partition coefficient (Wildman–Crippen LogP) is 3.17. The lowest BCUT2D eigenvalue weighted by Crippen LogP contribution is -2.17. The monoisotopic (exact) mass is 257 g/mol. The number of hydrogen-bond acceptors (Lipinski definition) is 3.